The highest BCUT2D eigenvalue weighted by atomic mass is 16.5. The molecule has 3 rings (SSSR count). The second kappa shape index (κ2) is 8.65. The molecule has 27 heavy (non-hydrogen) atoms. The zero-order chi connectivity index (χ0) is 19.1. The van der Waals surface area contributed by atoms with Gasteiger partial charge in [0.2, 0.25) is 0 Å². The van der Waals surface area contributed by atoms with Crippen LogP contribution in [0.5, 0.6) is 0 Å². The van der Waals surface area contributed by atoms with Crippen LogP contribution in [0.1, 0.15) is 18.1 Å². The summed E-state index contributed by atoms with van der Waals surface area (Å²) < 4.78 is 5.13. The number of rotatable bonds is 6. The Morgan fingerprint density at radius 3 is 2.89 bits per heavy atom. The first-order chi connectivity index (χ1) is 13.2. The van der Waals surface area contributed by atoms with Crippen LogP contribution in [-0.4, -0.2) is 33.9 Å². The molecule has 0 atom stereocenters. The van der Waals surface area contributed by atoms with Crippen molar-refractivity contribution in [3.05, 3.63) is 54.0 Å². The summed E-state index contributed by atoms with van der Waals surface area (Å²) in [6.07, 6.45) is 4.41. The Hall–Kier alpha value is -3.62. The molecule has 0 fully saturated rings. The molecule has 0 aliphatic carbocycles. The number of hydrogen-bond acceptors (Lipinski definition) is 5. The van der Waals surface area contributed by atoms with Gasteiger partial charge in [-0.25, -0.2) is 14.6 Å². The SMILES string of the molecule is CCNC(=O)Nc1cc2cccc(CNC(=O)OCc3cn[nH]c3)c2cn1. The molecule has 0 aliphatic rings. The lowest BCUT2D eigenvalue weighted by Crippen LogP contribution is -2.28. The molecule has 0 radical (unpaired) electrons. The molecule has 3 aromatic rings. The van der Waals surface area contributed by atoms with E-state index in [2.05, 4.69) is 31.1 Å². The Balaban J connectivity index is 1.62. The van der Waals surface area contributed by atoms with Crippen LogP contribution in [0.2, 0.25) is 0 Å². The second-order valence-corrected chi connectivity index (χ2v) is 5.73. The fraction of sp³-hybridized carbons (Fsp3) is 0.222. The van der Waals surface area contributed by atoms with Crippen molar-refractivity contribution in [2.45, 2.75) is 20.1 Å². The smallest absolute Gasteiger partial charge is 0.407 e. The van der Waals surface area contributed by atoms with Crippen molar-refractivity contribution >= 4 is 28.7 Å². The molecular weight excluding hydrogens is 348 g/mol. The quantitative estimate of drug-likeness (QED) is 0.533. The van der Waals surface area contributed by atoms with Gasteiger partial charge in [0.25, 0.3) is 0 Å². The lowest BCUT2D eigenvalue weighted by Gasteiger charge is -2.10. The first-order valence-electron chi connectivity index (χ1n) is 8.46. The van der Waals surface area contributed by atoms with Crippen molar-refractivity contribution in [1.82, 2.24) is 25.8 Å². The molecule has 0 aliphatic heterocycles. The van der Waals surface area contributed by atoms with E-state index in [1.807, 2.05) is 25.1 Å². The maximum Gasteiger partial charge on any atom is 0.407 e. The number of fused-ring (bicyclic) bond motifs is 1. The summed E-state index contributed by atoms with van der Waals surface area (Å²) in [5, 5.41) is 16.3. The molecular formula is C18H20N6O3. The largest absolute Gasteiger partial charge is 0.445 e. The van der Waals surface area contributed by atoms with E-state index in [4.69, 9.17) is 4.74 Å². The maximum absolute atomic E-state index is 11.9. The van der Waals surface area contributed by atoms with Gasteiger partial charge in [0, 0.05) is 36.4 Å². The number of aromatic amines is 1. The number of amides is 3. The fourth-order valence-electron chi connectivity index (χ4n) is 2.50. The molecule has 2 heterocycles. The van der Waals surface area contributed by atoms with E-state index in [1.54, 1.807) is 24.7 Å². The number of carbonyl (C=O) groups excluding carboxylic acids is 2. The Kier molecular flexibility index (Phi) is 5.83. The number of hydrogen-bond donors (Lipinski definition) is 4. The first kappa shape index (κ1) is 18.2. The molecule has 140 valence electrons. The van der Waals surface area contributed by atoms with Crippen LogP contribution in [0.3, 0.4) is 0 Å². The summed E-state index contributed by atoms with van der Waals surface area (Å²) in [5.41, 5.74) is 1.68. The van der Waals surface area contributed by atoms with Gasteiger partial charge in [-0.2, -0.15) is 5.10 Å². The molecule has 1 aromatic carbocycles. The van der Waals surface area contributed by atoms with Gasteiger partial charge in [0.05, 0.1) is 6.20 Å². The highest BCUT2D eigenvalue weighted by Crippen LogP contribution is 2.20. The van der Waals surface area contributed by atoms with Crippen LogP contribution < -0.4 is 16.0 Å². The Bertz CT molecular complexity index is 926. The number of alkyl carbamates (subject to hydrolysis) is 1. The minimum atomic E-state index is -0.518. The van der Waals surface area contributed by atoms with Crippen molar-refractivity contribution in [3.63, 3.8) is 0 Å². The predicted octanol–water partition coefficient (Wildman–Crippen LogP) is 2.53. The van der Waals surface area contributed by atoms with E-state index in [1.165, 1.54) is 0 Å². The van der Waals surface area contributed by atoms with Gasteiger partial charge in [-0.3, -0.25) is 10.4 Å². The van der Waals surface area contributed by atoms with E-state index in [0.717, 1.165) is 21.9 Å². The van der Waals surface area contributed by atoms with E-state index < -0.39 is 6.09 Å². The molecule has 0 saturated carbocycles. The lowest BCUT2D eigenvalue weighted by atomic mass is 10.1. The third-order valence-corrected chi connectivity index (χ3v) is 3.78. The van der Waals surface area contributed by atoms with Crippen molar-refractivity contribution in [1.29, 1.82) is 0 Å². The summed E-state index contributed by atoms with van der Waals surface area (Å²) in [6, 6.07) is 7.18. The average Bonchev–Trinajstić information content (AvgIpc) is 3.18. The van der Waals surface area contributed by atoms with Gasteiger partial charge in [-0.1, -0.05) is 18.2 Å². The Morgan fingerprint density at radius 1 is 1.22 bits per heavy atom. The highest BCUT2D eigenvalue weighted by molar-refractivity contribution is 5.92. The number of carbonyl (C=O) groups is 2. The van der Waals surface area contributed by atoms with Crippen molar-refractivity contribution in [2.75, 3.05) is 11.9 Å². The number of pyridine rings is 1. The standard InChI is InChI=1S/C18H20N6O3/c1-2-19-17(25)24-16-6-13-4-3-5-14(15(13)10-20-16)9-21-18(26)27-11-12-7-22-23-8-12/h3-8,10H,2,9,11H2,1H3,(H,21,26)(H,22,23)(H2,19,20,24,25). The van der Waals surface area contributed by atoms with Gasteiger partial charge in [0.1, 0.15) is 12.4 Å². The molecule has 0 unspecified atom stereocenters. The van der Waals surface area contributed by atoms with Gasteiger partial charge < -0.3 is 15.4 Å². The van der Waals surface area contributed by atoms with Crippen LogP contribution in [0.25, 0.3) is 10.8 Å². The molecule has 0 saturated heterocycles. The van der Waals surface area contributed by atoms with Gasteiger partial charge in [-0.05, 0) is 23.9 Å². The van der Waals surface area contributed by atoms with Crippen LogP contribution in [0, 0.1) is 0 Å². The van der Waals surface area contributed by atoms with Crippen molar-refractivity contribution in [3.8, 4) is 0 Å². The molecule has 0 bridgehead atoms. The number of anilines is 1. The molecule has 2 aromatic heterocycles. The topological polar surface area (TPSA) is 121 Å². The molecule has 9 heteroatoms. The normalized spacial score (nSPS) is 10.4. The molecule has 4 N–H and O–H groups in total. The predicted molar refractivity (Wildman–Crippen MR) is 100 cm³/mol. The van der Waals surface area contributed by atoms with Gasteiger partial charge in [0.15, 0.2) is 0 Å². The summed E-state index contributed by atoms with van der Waals surface area (Å²) in [6.45, 7) is 2.82. The highest BCUT2D eigenvalue weighted by Gasteiger charge is 2.08. The summed E-state index contributed by atoms with van der Waals surface area (Å²) in [7, 11) is 0. The Morgan fingerprint density at radius 2 is 2.11 bits per heavy atom. The minimum Gasteiger partial charge on any atom is -0.445 e. The zero-order valence-corrected chi connectivity index (χ0v) is 14.8. The number of H-pyrrole nitrogens is 1. The number of nitrogens with one attached hydrogen (secondary N) is 4. The zero-order valence-electron chi connectivity index (χ0n) is 14.8. The Labute approximate surface area is 155 Å². The van der Waals surface area contributed by atoms with Crippen LogP contribution in [0.4, 0.5) is 15.4 Å². The number of aromatic nitrogens is 3. The van der Waals surface area contributed by atoms with Gasteiger partial charge in [-0.15, -0.1) is 0 Å². The monoisotopic (exact) mass is 368 g/mol. The maximum atomic E-state index is 11.9. The van der Waals surface area contributed by atoms with E-state index in [0.29, 0.717) is 18.9 Å². The fourth-order valence-corrected chi connectivity index (χ4v) is 2.50. The lowest BCUT2D eigenvalue weighted by molar-refractivity contribution is 0.139. The van der Waals surface area contributed by atoms with Crippen molar-refractivity contribution < 1.29 is 14.3 Å². The number of nitrogens with zero attached hydrogens (tertiary/aromatic N) is 2. The summed E-state index contributed by atoms with van der Waals surface area (Å²) in [4.78, 5) is 27.7. The first-order valence-corrected chi connectivity index (χ1v) is 8.46. The minimum absolute atomic E-state index is 0.147. The van der Waals surface area contributed by atoms with Crippen molar-refractivity contribution in [2.24, 2.45) is 0 Å². The summed E-state index contributed by atoms with van der Waals surface area (Å²) >= 11 is 0. The third kappa shape index (κ3) is 4.94. The van der Waals surface area contributed by atoms with Crippen LogP contribution >= 0.6 is 0 Å². The van der Waals surface area contributed by atoms with E-state index in [-0.39, 0.29) is 12.6 Å². The molecule has 0 spiro atoms. The summed E-state index contributed by atoms with van der Waals surface area (Å²) in [5.74, 6) is 0.457. The van der Waals surface area contributed by atoms with E-state index in [9.17, 15) is 9.59 Å². The number of benzene rings is 1. The van der Waals surface area contributed by atoms with Gasteiger partial charge >= 0.3 is 12.1 Å². The van der Waals surface area contributed by atoms with Crippen LogP contribution in [-0.2, 0) is 17.9 Å². The van der Waals surface area contributed by atoms with E-state index >= 15 is 0 Å². The molecule has 3 amide bonds. The number of ether oxygens (including phenoxy) is 1. The third-order valence-electron chi connectivity index (χ3n) is 3.78. The molecule has 9 nitrogen and oxygen atoms in total. The van der Waals surface area contributed by atoms with Crippen LogP contribution in [0.15, 0.2) is 42.9 Å². The average molecular weight is 368 g/mol. The second-order valence-electron chi connectivity index (χ2n) is 5.73. The number of urea groups is 1.